The van der Waals surface area contributed by atoms with Gasteiger partial charge in [-0.3, -0.25) is 4.18 Å². The van der Waals surface area contributed by atoms with Crippen molar-refractivity contribution in [1.29, 1.82) is 0 Å². The highest BCUT2D eigenvalue weighted by Gasteiger charge is 2.12. The van der Waals surface area contributed by atoms with Crippen LogP contribution in [-0.4, -0.2) is 26.3 Å². The Balaban J connectivity index is 2.40. The van der Waals surface area contributed by atoms with Gasteiger partial charge in [0.1, 0.15) is 5.76 Å². The van der Waals surface area contributed by atoms with Gasteiger partial charge >= 0.3 is 0 Å². The van der Waals surface area contributed by atoms with Crippen LogP contribution in [0.1, 0.15) is 18.3 Å². The monoisotopic (exact) mass is 286 g/mol. The normalized spacial score (nSPS) is 15.4. The Morgan fingerprint density at radius 3 is 2.68 bits per heavy atom. The predicted octanol–water partition coefficient (Wildman–Crippen LogP) is 2.17. The summed E-state index contributed by atoms with van der Waals surface area (Å²) >= 11 is 0. The molecule has 5 nitrogen and oxygen atoms in total. The smallest absolute Gasteiger partial charge is 0.264 e. The largest absolute Gasteiger partial charge is 0.441 e. The Morgan fingerprint density at radius 1 is 1.37 bits per heavy atom. The molecule has 0 radical (unpaired) electrons. The molecule has 0 saturated carbocycles. The molecule has 0 bridgehead atoms. The lowest BCUT2D eigenvalue weighted by Gasteiger charge is -1.98. The van der Waals surface area contributed by atoms with E-state index in [0.717, 1.165) is 6.26 Å². The molecule has 0 aliphatic heterocycles. The van der Waals surface area contributed by atoms with Crippen LogP contribution >= 0.6 is 0 Å². The van der Waals surface area contributed by atoms with Gasteiger partial charge in [0.15, 0.2) is 0 Å². The molecule has 2 rings (SSSR count). The lowest BCUT2D eigenvalue weighted by Crippen LogP contribution is -2.06. The molecule has 1 aromatic heterocycles. The number of aromatic nitrogens is 1. The highest BCUT2D eigenvalue weighted by Crippen LogP contribution is 2.21. The van der Waals surface area contributed by atoms with Crippen molar-refractivity contribution in [3.05, 3.63) is 41.7 Å². The highest BCUT2D eigenvalue weighted by molar-refractivity contribution is 7.85. The van der Waals surface area contributed by atoms with Gasteiger partial charge in [0, 0.05) is 12.0 Å². The van der Waals surface area contributed by atoms with E-state index in [9.17, 15) is 8.42 Å². The maximum Gasteiger partial charge on any atom is 0.264 e. The summed E-state index contributed by atoms with van der Waals surface area (Å²) in [4.78, 5) is 4.12. The van der Waals surface area contributed by atoms with Gasteiger partial charge < -0.3 is 4.42 Å². The summed E-state index contributed by atoms with van der Waals surface area (Å²) in [5.74, 6) is 0.243. The molecule has 0 spiro atoms. The van der Waals surface area contributed by atoms with Crippen LogP contribution < -0.4 is 0 Å². The Hall–Kier alpha value is -1.66. The minimum Gasteiger partial charge on any atom is -0.441 e. The average molecular weight is 286 g/mol. The summed E-state index contributed by atoms with van der Waals surface area (Å²) in [6, 6.07) is -2.30. The first-order valence-corrected chi connectivity index (χ1v) is 7.22. The first kappa shape index (κ1) is 8.50. The van der Waals surface area contributed by atoms with Crippen molar-refractivity contribution in [2.24, 2.45) is 0 Å². The number of aryl methyl sites for hydroxylation is 1. The molecule has 0 atom stereocenters. The van der Waals surface area contributed by atoms with Crippen LogP contribution in [0, 0.1) is 6.92 Å². The van der Waals surface area contributed by atoms with E-state index in [1.54, 1.807) is 6.92 Å². The Kier molecular flexibility index (Phi) is 2.48. The molecule has 0 aliphatic carbocycles. The molecular formula is C13H15NO4S. The van der Waals surface area contributed by atoms with Gasteiger partial charge in [-0.05, 0) is 19.0 Å². The van der Waals surface area contributed by atoms with Crippen LogP contribution in [0.5, 0.6) is 0 Å². The molecule has 19 heavy (non-hydrogen) atoms. The summed E-state index contributed by atoms with van der Waals surface area (Å²) in [7, 11) is -3.57. The fourth-order valence-corrected chi connectivity index (χ4v) is 1.80. The van der Waals surface area contributed by atoms with Gasteiger partial charge in [0.05, 0.1) is 25.4 Å². The molecule has 102 valence electrons. The number of nitrogens with zero attached hydrogens (tertiary/aromatic N) is 1. The average Bonchev–Trinajstić information content (AvgIpc) is 2.83. The van der Waals surface area contributed by atoms with E-state index in [0.29, 0.717) is 11.5 Å². The van der Waals surface area contributed by atoms with Crippen LogP contribution in [0.25, 0.3) is 11.5 Å². The Labute approximate surface area is 119 Å². The van der Waals surface area contributed by atoms with Crippen molar-refractivity contribution in [1.82, 2.24) is 4.98 Å². The van der Waals surface area contributed by atoms with E-state index in [2.05, 4.69) is 9.17 Å². The lowest BCUT2D eigenvalue weighted by molar-refractivity contribution is 0.324. The lowest BCUT2D eigenvalue weighted by atomic mass is 10.2. The quantitative estimate of drug-likeness (QED) is 0.788. The van der Waals surface area contributed by atoms with Crippen LogP contribution in [0.4, 0.5) is 0 Å². The third kappa shape index (κ3) is 3.90. The number of hydrogen-bond donors (Lipinski definition) is 0. The first-order valence-electron chi connectivity index (χ1n) is 7.91. The van der Waals surface area contributed by atoms with Crippen LogP contribution in [-0.2, 0) is 20.7 Å². The van der Waals surface area contributed by atoms with Crippen LogP contribution in [0.2, 0.25) is 0 Å². The molecule has 1 aromatic carbocycles. The van der Waals surface area contributed by atoms with E-state index in [-0.39, 0.29) is 24.5 Å². The zero-order valence-electron chi connectivity index (χ0n) is 15.4. The molecule has 0 unspecified atom stereocenters. The predicted molar refractivity (Wildman–Crippen MR) is 71.2 cm³/mol. The third-order valence-corrected chi connectivity index (χ3v) is 2.84. The maximum atomic E-state index is 11.0. The summed E-state index contributed by atoms with van der Waals surface area (Å²) in [6.07, 6.45) is 1.07. The van der Waals surface area contributed by atoms with Crippen LogP contribution in [0.15, 0.2) is 34.6 Å². The fourth-order valence-electron chi connectivity index (χ4n) is 1.41. The molecule has 0 fully saturated rings. The zero-order chi connectivity index (χ0) is 18.2. The molecule has 1 heterocycles. The van der Waals surface area contributed by atoms with Crippen molar-refractivity contribution in [2.45, 2.75) is 13.3 Å². The van der Waals surface area contributed by atoms with Gasteiger partial charge in [0.25, 0.3) is 10.1 Å². The Morgan fingerprint density at radius 2 is 2.05 bits per heavy atom. The fraction of sp³-hybridized carbons (Fsp3) is 0.308. The minimum absolute atomic E-state index is 0.112. The van der Waals surface area contributed by atoms with Gasteiger partial charge in [-0.15, -0.1) is 0 Å². The molecule has 0 aliphatic rings. The highest BCUT2D eigenvalue weighted by atomic mass is 32.2. The van der Waals surface area contributed by atoms with E-state index >= 15 is 0 Å². The van der Waals surface area contributed by atoms with E-state index < -0.39 is 40.3 Å². The van der Waals surface area contributed by atoms with Crippen molar-refractivity contribution in [3.8, 4) is 11.5 Å². The number of rotatable bonds is 5. The molecule has 0 amide bonds. The van der Waals surface area contributed by atoms with Crippen molar-refractivity contribution in [2.75, 3.05) is 12.9 Å². The van der Waals surface area contributed by atoms with Gasteiger partial charge in [-0.2, -0.15) is 8.42 Å². The zero-order valence-corrected chi connectivity index (χ0v) is 11.2. The SMILES string of the molecule is [2H]c1c([2H])c([2H])c(-c2nc(CCOS(C)(=O)=O)c(C)o2)c([2H])c1[2H]. The second-order valence-electron chi connectivity index (χ2n) is 3.80. The summed E-state index contributed by atoms with van der Waals surface area (Å²) in [5.41, 5.74) is 0.250. The number of oxazole rings is 1. The minimum atomic E-state index is -3.57. The van der Waals surface area contributed by atoms with Crippen molar-refractivity contribution < 1.29 is 23.9 Å². The summed E-state index contributed by atoms with van der Waals surface area (Å²) in [5, 5.41) is 0. The second kappa shape index (κ2) is 5.54. The molecule has 2 aromatic rings. The molecule has 0 N–H and O–H groups in total. The molecule has 0 saturated heterocycles. The van der Waals surface area contributed by atoms with Crippen molar-refractivity contribution >= 4 is 10.1 Å². The number of hydrogen-bond acceptors (Lipinski definition) is 5. The van der Waals surface area contributed by atoms with Gasteiger partial charge in [-0.25, -0.2) is 4.98 Å². The van der Waals surface area contributed by atoms with Gasteiger partial charge in [-0.1, -0.05) is 18.1 Å². The molecular weight excluding hydrogens is 266 g/mol. The maximum absolute atomic E-state index is 11.0. The Bertz CT molecular complexity index is 865. The summed E-state index contributed by atoms with van der Waals surface area (Å²) < 4.78 is 70.6. The standard InChI is InChI=1S/C13H15NO4S/c1-10-12(8-9-17-19(2,15)16)14-13(18-10)11-6-4-3-5-7-11/h3-7H,8-9H2,1-2H3/i3D,4D,5D,6D,7D. The topological polar surface area (TPSA) is 69.4 Å². The van der Waals surface area contributed by atoms with Crippen molar-refractivity contribution in [3.63, 3.8) is 0 Å². The number of benzene rings is 1. The van der Waals surface area contributed by atoms with Gasteiger partial charge in [0.2, 0.25) is 5.89 Å². The van der Waals surface area contributed by atoms with E-state index in [1.165, 1.54) is 0 Å². The van der Waals surface area contributed by atoms with Crippen LogP contribution in [0.3, 0.4) is 0 Å². The first-order chi connectivity index (χ1) is 11.0. The van der Waals surface area contributed by atoms with E-state index in [4.69, 9.17) is 11.3 Å². The second-order valence-corrected chi connectivity index (χ2v) is 5.44. The van der Waals surface area contributed by atoms with E-state index in [1.807, 2.05) is 0 Å². The molecule has 6 heteroatoms. The summed E-state index contributed by atoms with van der Waals surface area (Å²) in [6.45, 7) is 1.45. The third-order valence-electron chi connectivity index (χ3n) is 2.24.